The van der Waals surface area contributed by atoms with Gasteiger partial charge in [0, 0.05) is 25.3 Å². The summed E-state index contributed by atoms with van der Waals surface area (Å²) in [5.74, 6) is 0.0316. The van der Waals surface area contributed by atoms with Crippen molar-refractivity contribution in [2.45, 2.75) is 33.4 Å². The van der Waals surface area contributed by atoms with Crippen molar-refractivity contribution in [2.75, 3.05) is 13.6 Å². The Hall–Kier alpha value is -0.780. The first kappa shape index (κ1) is 19.6. The van der Waals surface area contributed by atoms with E-state index in [0.29, 0.717) is 6.54 Å². The highest BCUT2D eigenvalue weighted by molar-refractivity contribution is 5.85. The third kappa shape index (κ3) is 4.84. The number of hydrogen-bond acceptors (Lipinski definition) is 3. The highest BCUT2D eigenvalue weighted by Crippen LogP contribution is 2.03. The number of halogens is 2. The monoisotopic (exact) mass is 296 g/mol. The number of hydrogen-bond donors (Lipinski definition) is 1. The van der Waals surface area contributed by atoms with Crippen LogP contribution in [0.15, 0.2) is 6.07 Å². The van der Waals surface area contributed by atoms with E-state index < -0.39 is 0 Å². The number of aryl methyl sites for hydroxylation is 2. The van der Waals surface area contributed by atoms with Gasteiger partial charge in [-0.15, -0.1) is 24.8 Å². The largest absolute Gasteiger partial charge is 0.340 e. The Bertz CT molecular complexity index is 381. The Labute approximate surface area is 121 Å². The molecule has 0 aliphatic rings. The van der Waals surface area contributed by atoms with Gasteiger partial charge in [-0.2, -0.15) is 5.10 Å². The molecule has 1 aromatic rings. The molecule has 0 saturated heterocycles. The maximum atomic E-state index is 11.9. The maximum Gasteiger partial charge on any atom is 0.244 e. The van der Waals surface area contributed by atoms with Gasteiger partial charge in [0.05, 0.1) is 5.69 Å². The minimum absolute atomic E-state index is 0. The second kappa shape index (κ2) is 8.34. The topological polar surface area (TPSA) is 64.2 Å². The fourth-order valence-electron chi connectivity index (χ4n) is 1.48. The first-order valence-corrected chi connectivity index (χ1v) is 5.42. The minimum atomic E-state index is 0. The molecule has 0 aromatic carbocycles. The van der Waals surface area contributed by atoms with E-state index in [0.717, 1.165) is 11.4 Å². The molecule has 0 spiro atoms. The standard InChI is InChI=1S/C11H20N4O.2ClH/c1-8-5-9(2)15(13-8)7-11(16)14(4)10(3)6-12;;/h5,10H,6-7,12H2,1-4H3;2*1H. The quantitative estimate of drug-likeness (QED) is 0.906. The first-order valence-electron chi connectivity index (χ1n) is 5.42. The minimum Gasteiger partial charge on any atom is -0.340 e. The number of nitrogens with two attached hydrogens (primary N) is 1. The first-order chi connectivity index (χ1) is 7.45. The summed E-state index contributed by atoms with van der Waals surface area (Å²) in [6.07, 6.45) is 0. The average molecular weight is 297 g/mol. The molecule has 1 heterocycles. The molecule has 7 heteroatoms. The highest BCUT2D eigenvalue weighted by atomic mass is 35.5. The van der Waals surface area contributed by atoms with Crippen molar-refractivity contribution >= 4 is 30.7 Å². The van der Waals surface area contributed by atoms with E-state index in [1.807, 2.05) is 26.8 Å². The number of amides is 1. The molecule has 0 saturated carbocycles. The Morgan fingerprint density at radius 1 is 1.50 bits per heavy atom. The molecule has 0 aliphatic carbocycles. The molecule has 0 aliphatic heterocycles. The molecule has 5 nitrogen and oxygen atoms in total. The van der Waals surface area contributed by atoms with Gasteiger partial charge in [0.25, 0.3) is 0 Å². The number of nitrogens with zero attached hydrogens (tertiary/aromatic N) is 3. The Morgan fingerprint density at radius 2 is 2.06 bits per heavy atom. The summed E-state index contributed by atoms with van der Waals surface area (Å²) in [5.41, 5.74) is 7.45. The van der Waals surface area contributed by atoms with Crippen LogP contribution in [0.1, 0.15) is 18.3 Å². The van der Waals surface area contributed by atoms with Crippen LogP contribution in [0, 0.1) is 13.8 Å². The average Bonchev–Trinajstić information content (AvgIpc) is 2.55. The van der Waals surface area contributed by atoms with Crippen molar-refractivity contribution in [3.8, 4) is 0 Å². The number of aromatic nitrogens is 2. The number of carbonyl (C=O) groups is 1. The van der Waals surface area contributed by atoms with Crippen LogP contribution in [0.2, 0.25) is 0 Å². The van der Waals surface area contributed by atoms with Crippen LogP contribution in [-0.2, 0) is 11.3 Å². The van der Waals surface area contributed by atoms with Crippen LogP contribution in [0.3, 0.4) is 0 Å². The lowest BCUT2D eigenvalue weighted by molar-refractivity contribution is -0.132. The predicted octanol–water partition coefficient (Wildman–Crippen LogP) is 1.15. The summed E-state index contributed by atoms with van der Waals surface area (Å²) in [6.45, 7) is 6.54. The molecule has 1 aromatic heterocycles. The molecule has 0 fully saturated rings. The molecule has 106 valence electrons. The molecule has 1 amide bonds. The smallest absolute Gasteiger partial charge is 0.244 e. The SMILES string of the molecule is Cc1cc(C)n(CC(=O)N(C)C(C)CN)n1.Cl.Cl. The van der Waals surface area contributed by atoms with E-state index in [-0.39, 0.29) is 43.3 Å². The second-order valence-electron chi connectivity index (χ2n) is 4.17. The van der Waals surface area contributed by atoms with Gasteiger partial charge in [-0.05, 0) is 26.8 Å². The summed E-state index contributed by atoms with van der Waals surface area (Å²) in [4.78, 5) is 13.5. The van der Waals surface area contributed by atoms with Crippen LogP contribution in [0.4, 0.5) is 0 Å². The molecule has 0 bridgehead atoms. The predicted molar refractivity (Wildman–Crippen MR) is 77.5 cm³/mol. The maximum absolute atomic E-state index is 11.9. The van der Waals surface area contributed by atoms with Crippen molar-refractivity contribution < 1.29 is 4.79 Å². The lowest BCUT2D eigenvalue weighted by atomic mass is 10.3. The van der Waals surface area contributed by atoms with Crippen LogP contribution >= 0.6 is 24.8 Å². The summed E-state index contributed by atoms with van der Waals surface area (Å²) >= 11 is 0. The third-order valence-electron chi connectivity index (χ3n) is 2.78. The molecule has 1 rings (SSSR count). The van der Waals surface area contributed by atoms with Crippen LogP contribution in [0.5, 0.6) is 0 Å². The van der Waals surface area contributed by atoms with Crippen molar-refractivity contribution in [2.24, 2.45) is 5.73 Å². The van der Waals surface area contributed by atoms with E-state index in [2.05, 4.69) is 5.10 Å². The van der Waals surface area contributed by atoms with Gasteiger partial charge < -0.3 is 10.6 Å². The van der Waals surface area contributed by atoms with Crippen molar-refractivity contribution in [3.05, 3.63) is 17.5 Å². The molecule has 0 radical (unpaired) electrons. The van der Waals surface area contributed by atoms with E-state index in [9.17, 15) is 4.79 Å². The summed E-state index contributed by atoms with van der Waals surface area (Å²) in [7, 11) is 1.77. The van der Waals surface area contributed by atoms with Gasteiger partial charge in [0.2, 0.25) is 5.91 Å². The summed E-state index contributed by atoms with van der Waals surface area (Å²) in [6, 6.07) is 2.02. The van der Waals surface area contributed by atoms with E-state index in [1.54, 1.807) is 16.6 Å². The molecule has 2 N–H and O–H groups in total. The van der Waals surface area contributed by atoms with Gasteiger partial charge in [-0.25, -0.2) is 0 Å². The van der Waals surface area contributed by atoms with Gasteiger partial charge in [-0.1, -0.05) is 0 Å². The van der Waals surface area contributed by atoms with Crippen molar-refractivity contribution in [1.82, 2.24) is 14.7 Å². The second-order valence-corrected chi connectivity index (χ2v) is 4.17. The van der Waals surface area contributed by atoms with Crippen LogP contribution < -0.4 is 5.73 Å². The summed E-state index contributed by atoms with van der Waals surface area (Å²) < 4.78 is 1.72. The fourth-order valence-corrected chi connectivity index (χ4v) is 1.48. The Morgan fingerprint density at radius 3 is 2.44 bits per heavy atom. The third-order valence-corrected chi connectivity index (χ3v) is 2.78. The fraction of sp³-hybridized carbons (Fsp3) is 0.636. The molecule has 1 atom stereocenters. The summed E-state index contributed by atoms with van der Waals surface area (Å²) in [5, 5.41) is 4.26. The van der Waals surface area contributed by atoms with Gasteiger partial charge >= 0.3 is 0 Å². The Kier molecular flexibility index (Phi) is 9.07. The van der Waals surface area contributed by atoms with E-state index in [4.69, 9.17) is 5.73 Å². The lowest BCUT2D eigenvalue weighted by Crippen LogP contribution is -2.41. The zero-order valence-electron chi connectivity index (χ0n) is 11.2. The number of likely N-dealkylation sites (N-methyl/N-ethyl adjacent to an activating group) is 1. The molecule has 18 heavy (non-hydrogen) atoms. The number of rotatable bonds is 4. The van der Waals surface area contributed by atoms with Crippen molar-refractivity contribution in [3.63, 3.8) is 0 Å². The van der Waals surface area contributed by atoms with Gasteiger partial charge in [0.15, 0.2) is 0 Å². The highest BCUT2D eigenvalue weighted by Gasteiger charge is 2.15. The zero-order chi connectivity index (χ0) is 12.3. The van der Waals surface area contributed by atoms with Crippen LogP contribution in [0.25, 0.3) is 0 Å². The van der Waals surface area contributed by atoms with E-state index in [1.165, 1.54) is 0 Å². The molecular weight excluding hydrogens is 275 g/mol. The number of carbonyl (C=O) groups excluding carboxylic acids is 1. The van der Waals surface area contributed by atoms with Gasteiger partial charge in [0.1, 0.15) is 6.54 Å². The normalized spacial score (nSPS) is 11.2. The zero-order valence-corrected chi connectivity index (χ0v) is 12.8. The molecule has 1 unspecified atom stereocenters. The Balaban J connectivity index is 0. The molecular formula is C11H22Cl2N4O. The van der Waals surface area contributed by atoms with Crippen molar-refractivity contribution in [1.29, 1.82) is 0 Å². The van der Waals surface area contributed by atoms with Crippen LogP contribution in [-0.4, -0.2) is 40.2 Å². The lowest BCUT2D eigenvalue weighted by Gasteiger charge is -2.23. The van der Waals surface area contributed by atoms with Gasteiger partial charge in [-0.3, -0.25) is 9.48 Å². The van der Waals surface area contributed by atoms with E-state index >= 15 is 0 Å².